The Morgan fingerprint density at radius 3 is 2.85 bits per heavy atom. The third kappa shape index (κ3) is 4.82. The van der Waals surface area contributed by atoms with Gasteiger partial charge in [0.2, 0.25) is 10.0 Å². The highest BCUT2D eigenvalue weighted by atomic mass is 32.2. The van der Waals surface area contributed by atoms with Crippen molar-refractivity contribution in [2.45, 2.75) is 38.5 Å². The van der Waals surface area contributed by atoms with E-state index in [1.165, 1.54) is 11.3 Å². The molecule has 0 saturated carbocycles. The first-order chi connectivity index (χ1) is 12.9. The van der Waals surface area contributed by atoms with E-state index >= 15 is 0 Å². The van der Waals surface area contributed by atoms with E-state index < -0.39 is 10.0 Å². The van der Waals surface area contributed by atoms with Crippen molar-refractivity contribution < 1.29 is 13.2 Å². The molecule has 27 heavy (non-hydrogen) atoms. The van der Waals surface area contributed by atoms with Gasteiger partial charge in [-0.25, -0.2) is 13.1 Å². The van der Waals surface area contributed by atoms with Gasteiger partial charge in [0.25, 0.3) is 0 Å². The van der Waals surface area contributed by atoms with Gasteiger partial charge in [0, 0.05) is 48.0 Å². The van der Waals surface area contributed by atoms with Crippen molar-refractivity contribution in [3.8, 4) is 0 Å². The van der Waals surface area contributed by atoms with Gasteiger partial charge >= 0.3 is 0 Å². The molecular weight excluding hydrogens is 384 g/mol. The predicted octanol–water partition coefficient (Wildman–Crippen LogP) is 1.72. The molecule has 0 aromatic carbocycles. The quantitative estimate of drug-likeness (QED) is 0.421. The fourth-order valence-electron chi connectivity index (χ4n) is 3.81. The summed E-state index contributed by atoms with van der Waals surface area (Å²) in [5, 5.41) is 3.33. The molecular formula is C18H30N4O3S2. The summed E-state index contributed by atoms with van der Waals surface area (Å²) < 4.78 is 33.2. The van der Waals surface area contributed by atoms with Crippen LogP contribution in [-0.4, -0.2) is 65.2 Å². The summed E-state index contributed by atoms with van der Waals surface area (Å²) >= 11 is 1.50. The molecule has 3 heterocycles. The zero-order valence-corrected chi connectivity index (χ0v) is 18.0. The van der Waals surface area contributed by atoms with Gasteiger partial charge in [0.15, 0.2) is 5.96 Å². The maximum Gasteiger partial charge on any atom is 0.241 e. The van der Waals surface area contributed by atoms with E-state index in [0.29, 0.717) is 11.4 Å². The normalized spacial score (nSPS) is 23.5. The number of nitrogens with zero attached hydrogens (tertiary/aromatic N) is 2. The summed E-state index contributed by atoms with van der Waals surface area (Å²) in [6.07, 6.45) is 2.24. The topological polar surface area (TPSA) is 83.0 Å². The molecule has 1 atom stereocenters. The highest BCUT2D eigenvalue weighted by Gasteiger charge is 2.42. The van der Waals surface area contributed by atoms with Gasteiger partial charge in [-0.2, -0.15) is 0 Å². The van der Waals surface area contributed by atoms with E-state index in [4.69, 9.17) is 4.74 Å². The fourth-order valence-corrected chi connectivity index (χ4v) is 6.38. The van der Waals surface area contributed by atoms with E-state index in [9.17, 15) is 8.42 Å². The minimum atomic E-state index is -3.48. The number of thiophene rings is 1. The second kappa shape index (κ2) is 8.46. The standard InChI is InChI=1S/C18H30N4O3S2/c1-4-19-17(22-9-5-18(12-22)6-10-25-13-18)20-7-8-21-27(23,24)16-11-14(2)26-15(16)3/h11,21H,4-10,12-13H2,1-3H3,(H,19,20). The molecule has 0 amide bonds. The molecule has 152 valence electrons. The molecule has 1 aromatic rings. The lowest BCUT2D eigenvalue weighted by atomic mass is 9.87. The van der Waals surface area contributed by atoms with Crippen molar-refractivity contribution >= 4 is 27.3 Å². The van der Waals surface area contributed by atoms with E-state index in [-0.39, 0.29) is 12.0 Å². The number of rotatable bonds is 6. The van der Waals surface area contributed by atoms with Crippen molar-refractivity contribution in [3.05, 3.63) is 15.8 Å². The summed E-state index contributed by atoms with van der Waals surface area (Å²) in [4.78, 5) is 9.11. The van der Waals surface area contributed by atoms with Gasteiger partial charge in [-0.15, -0.1) is 11.3 Å². The van der Waals surface area contributed by atoms with Crippen molar-refractivity contribution in [2.75, 3.05) is 45.9 Å². The molecule has 1 spiro atoms. The highest BCUT2D eigenvalue weighted by Crippen LogP contribution is 2.38. The number of guanidine groups is 1. The zero-order chi connectivity index (χ0) is 19.5. The van der Waals surface area contributed by atoms with Gasteiger partial charge in [-0.3, -0.25) is 4.99 Å². The molecule has 0 radical (unpaired) electrons. The third-order valence-corrected chi connectivity index (χ3v) is 7.89. The number of sulfonamides is 1. The van der Waals surface area contributed by atoms with E-state index in [1.54, 1.807) is 6.07 Å². The lowest BCUT2D eigenvalue weighted by Crippen LogP contribution is -2.42. The van der Waals surface area contributed by atoms with E-state index in [1.807, 2.05) is 20.8 Å². The lowest BCUT2D eigenvalue weighted by molar-refractivity contribution is 0.156. The minimum absolute atomic E-state index is 0.270. The Morgan fingerprint density at radius 1 is 1.41 bits per heavy atom. The van der Waals surface area contributed by atoms with Crippen LogP contribution in [0.1, 0.15) is 29.5 Å². The largest absolute Gasteiger partial charge is 0.381 e. The van der Waals surface area contributed by atoms with Crippen LogP contribution in [0, 0.1) is 19.3 Å². The monoisotopic (exact) mass is 414 g/mol. The molecule has 0 aliphatic carbocycles. The van der Waals surface area contributed by atoms with Crippen molar-refractivity contribution in [2.24, 2.45) is 10.4 Å². The van der Waals surface area contributed by atoms with Crippen LogP contribution >= 0.6 is 11.3 Å². The molecule has 2 aliphatic rings. The Morgan fingerprint density at radius 2 is 2.22 bits per heavy atom. The van der Waals surface area contributed by atoms with Gasteiger partial charge in [0.1, 0.15) is 0 Å². The average Bonchev–Trinajstić information content (AvgIpc) is 3.33. The molecule has 2 N–H and O–H groups in total. The Hall–Kier alpha value is -1.16. The highest BCUT2D eigenvalue weighted by molar-refractivity contribution is 7.89. The summed E-state index contributed by atoms with van der Waals surface area (Å²) in [5.41, 5.74) is 0.270. The van der Waals surface area contributed by atoms with Gasteiger partial charge < -0.3 is 15.0 Å². The van der Waals surface area contributed by atoms with Crippen LogP contribution in [0.15, 0.2) is 16.0 Å². The van der Waals surface area contributed by atoms with Gasteiger partial charge in [-0.1, -0.05) is 0 Å². The summed E-state index contributed by atoms with van der Waals surface area (Å²) in [6.45, 7) is 10.9. The number of aliphatic imine (C=N–C) groups is 1. The van der Waals surface area contributed by atoms with Crippen molar-refractivity contribution in [1.29, 1.82) is 0 Å². The second-order valence-electron chi connectivity index (χ2n) is 7.39. The maximum absolute atomic E-state index is 12.5. The molecule has 0 bridgehead atoms. The molecule has 7 nitrogen and oxygen atoms in total. The zero-order valence-electron chi connectivity index (χ0n) is 16.4. The van der Waals surface area contributed by atoms with Crippen LogP contribution in [0.3, 0.4) is 0 Å². The first-order valence-corrected chi connectivity index (χ1v) is 11.8. The van der Waals surface area contributed by atoms with Gasteiger partial charge in [0.05, 0.1) is 18.0 Å². The van der Waals surface area contributed by atoms with Crippen LogP contribution in [0.4, 0.5) is 0 Å². The summed E-state index contributed by atoms with van der Waals surface area (Å²) in [6, 6.07) is 1.73. The minimum Gasteiger partial charge on any atom is -0.381 e. The predicted molar refractivity (Wildman–Crippen MR) is 109 cm³/mol. The number of hydrogen-bond donors (Lipinski definition) is 2. The summed E-state index contributed by atoms with van der Waals surface area (Å²) in [5.74, 6) is 0.864. The molecule has 1 aromatic heterocycles. The Balaban J connectivity index is 1.57. The van der Waals surface area contributed by atoms with Crippen molar-refractivity contribution in [3.63, 3.8) is 0 Å². The molecule has 9 heteroatoms. The number of aryl methyl sites for hydroxylation is 2. The van der Waals surface area contributed by atoms with Crippen LogP contribution in [0.25, 0.3) is 0 Å². The molecule has 2 aliphatic heterocycles. The number of ether oxygens (including phenoxy) is 1. The first kappa shape index (κ1) is 20.6. The third-order valence-electron chi connectivity index (χ3n) is 5.21. The number of likely N-dealkylation sites (tertiary alicyclic amines) is 1. The van der Waals surface area contributed by atoms with Crippen LogP contribution in [-0.2, 0) is 14.8 Å². The molecule has 2 fully saturated rings. The SMILES string of the molecule is CCNC(=NCCNS(=O)(=O)c1cc(C)sc1C)N1CCC2(CCOC2)C1. The van der Waals surface area contributed by atoms with Crippen LogP contribution in [0.5, 0.6) is 0 Å². The Bertz CT molecular complexity index is 783. The maximum atomic E-state index is 12.5. The summed E-state index contributed by atoms with van der Waals surface area (Å²) in [7, 11) is -3.48. The molecule has 3 rings (SSSR count). The van der Waals surface area contributed by atoms with Crippen LogP contribution in [0.2, 0.25) is 0 Å². The first-order valence-electron chi connectivity index (χ1n) is 9.53. The molecule has 2 saturated heterocycles. The Kier molecular flexibility index (Phi) is 6.45. The fraction of sp³-hybridized carbons (Fsp3) is 0.722. The van der Waals surface area contributed by atoms with Crippen LogP contribution < -0.4 is 10.0 Å². The number of nitrogens with one attached hydrogen (secondary N) is 2. The Labute approximate surface area is 166 Å². The lowest BCUT2D eigenvalue weighted by Gasteiger charge is -2.25. The second-order valence-corrected chi connectivity index (χ2v) is 10.6. The molecule has 1 unspecified atom stereocenters. The number of hydrogen-bond acceptors (Lipinski definition) is 5. The van der Waals surface area contributed by atoms with Gasteiger partial charge in [-0.05, 0) is 39.7 Å². The smallest absolute Gasteiger partial charge is 0.241 e. The average molecular weight is 415 g/mol. The van der Waals surface area contributed by atoms with Crippen molar-refractivity contribution in [1.82, 2.24) is 14.9 Å². The van der Waals surface area contributed by atoms with E-state index in [0.717, 1.165) is 61.4 Å². The van der Waals surface area contributed by atoms with E-state index in [2.05, 4.69) is 19.9 Å².